The van der Waals surface area contributed by atoms with Crippen LogP contribution in [-0.4, -0.2) is 22.1 Å². The zero-order chi connectivity index (χ0) is 25.5. The molecule has 1 aliphatic carbocycles. The van der Waals surface area contributed by atoms with Crippen LogP contribution in [0.5, 0.6) is 5.75 Å². The maximum absolute atomic E-state index is 14.5. The first-order valence-electron chi connectivity index (χ1n) is 12.6. The Labute approximate surface area is 218 Å². The number of aromatic nitrogens is 1. The summed E-state index contributed by atoms with van der Waals surface area (Å²) in [5.41, 5.74) is 4.31. The molecular formula is C29H27F2N3O2S. The third kappa shape index (κ3) is 4.29. The van der Waals surface area contributed by atoms with E-state index in [2.05, 4.69) is 16.1 Å². The van der Waals surface area contributed by atoms with Gasteiger partial charge in [0.2, 0.25) is 0 Å². The van der Waals surface area contributed by atoms with Gasteiger partial charge < -0.3 is 19.5 Å². The molecule has 4 aromatic rings. The van der Waals surface area contributed by atoms with Gasteiger partial charge in [0, 0.05) is 22.7 Å². The molecule has 2 aromatic heterocycles. The second-order valence-corrected chi connectivity index (χ2v) is 10.5. The van der Waals surface area contributed by atoms with Crippen molar-refractivity contribution >= 4 is 23.1 Å². The Morgan fingerprint density at radius 2 is 1.89 bits per heavy atom. The lowest BCUT2D eigenvalue weighted by molar-refractivity contribution is 0.194. The monoisotopic (exact) mass is 519 g/mol. The normalized spacial score (nSPS) is 16.4. The molecule has 0 saturated heterocycles. The summed E-state index contributed by atoms with van der Waals surface area (Å²) < 4.78 is 35.9. The molecule has 0 bridgehead atoms. The minimum atomic E-state index is -0.808. The Balaban J connectivity index is 1.47. The van der Waals surface area contributed by atoms with E-state index in [4.69, 9.17) is 4.74 Å². The molecule has 6 rings (SSSR count). The average molecular weight is 520 g/mol. The summed E-state index contributed by atoms with van der Waals surface area (Å²) in [6.45, 7) is 2.88. The van der Waals surface area contributed by atoms with E-state index >= 15 is 0 Å². The predicted octanol–water partition coefficient (Wildman–Crippen LogP) is 7.23. The average Bonchev–Trinajstić information content (AvgIpc) is 3.48. The predicted molar refractivity (Wildman–Crippen MR) is 141 cm³/mol. The number of amides is 2. The van der Waals surface area contributed by atoms with Crippen LogP contribution in [0.4, 0.5) is 19.3 Å². The number of aryl methyl sites for hydroxylation is 1. The quantitative estimate of drug-likeness (QED) is 0.309. The van der Waals surface area contributed by atoms with Gasteiger partial charge in [0.25, 0.3) is 0 Å². The first-order chi connectivity index (χ1) is 18.0. The number of nitrogens with one attached hydrogen (secondary N) is 1. The fourth-order valence-corrected chi connectivity index (χ4v) is 6.83. The van der Waals surface area contributed by atoms with Crippen molar-refractivity contribution in [2.45, 2.75) is 45.2 Å². The molecule has 8 heteroatoms. The van der Waals surface area contributed by atoms with Gasteiger partial charge in [0.05, 0.1) is 30.6 Å². The number of carbonyl (C=O) groups is 1. The number of rotatable bonds is 4. The van der Waals surface area contributed by atoms with Crippen LogP contribution in [0.25, 0.3) is 5.00 Å². The Morgan fingerprint density at radius 1 is 1.08 bits per heavy atom. The minimum Gasteiger partial charge on any atom is -0.494 e. The van der Waals surface area contributed by atoms with Gasteiger partial charge in [-0.2, -0.15) is 0 Å². The summed E-state index contributed by atoms with van der Waals surface area (Å²) in [6.07, 6.45) is 6.41. The van der Waals surface area contributed by atoms with Crippen molar-refractivity contribution in [2.75, 3.05) is 11.9 Å². The van der Waals surface area contributed by atoms with Crippen molar-refractivity contribution in [3.8, 4) is 10.8 Å². The lowest BCUT2D eigenvalue weighted by Crippen LogP contribution is -2.38. The van der Waals surface area contributed by atoms with Gasteiger partial charge in [-0.05, 0) is 80.1 Å². The molecule has 0 spiro atoms. The third-order valence-corrected chi connectivity index (χ3v) is 8.45. The Bertz CT molecular complexity index is 1460. The maximum Gasteiger partial charge on any atom is 0.323 e. The number of anilines is 1. The van der Waals surface area contributed by atoms with Gasteiger partial charge >= 0.3 is 6.03 Å². The van der Waals surface area contributed by atoms with Crippen molar-refractivity contribution in [1.29, 1.82) is 0 Å². The van der Waals surface area contributed by atoms with Gasteiger partial charge in [-0.25, -0.2) is 13.6 Å². The number of hydrogen-bond donors (Lipinski definition) is 1. The highest BCUT2D eigenvalue weighted by Crippen LogP contribution is 2.44. The molecule has 190 valence electrons. The Kier molecular flexibility index (Phi) is 6.20. The largest absolute Gasteiger partial charge is 0.494 e. The first kappa shape index (κ1) is 23.7. The van der Waals surface area contributed by atoms with E-state index in [-0.39, 0.29) is 5.69 Å². The standard InChI is InChI=1S/C29H27F2N3O2S/c1-2-36-20-12-9-18(10-13-20)27-25-7-5-15-33(25)28-22(21-6-3-4-8-26(21)37-28)17-34(27)29(35)32-24-14-11-19(30)16-23(24)31/h5,7,9-16,27H,2-4,6,8,17H2,1H3,(H,32,35)/t27-/m1/s1. The van der Waals surface area contributed by atoms with Crippen molar-refractivity contribution in [3.63, 3.8) is 0 Å². The lowest BCUT2D eigenvalue weighted by atomic mass is 9.95. The van der Waals surface area contributed by atoms with E-state index in [9.17, 15) is 13.6 Å². The summed E-state index contributed by atoms with van der Waals surface area (Å²) in [5, 5.41) is 3.85. The molecule has 0 fully saturated rings. The number of ether oxygens (including phenoxy) is 1. The van der Waals surface area contributed by atoms with Crippen LogP contribution in [-0.2, 0) is 19.4 Å². The zero-order valence-corrected chi connectivity index (χ0v) is 21.3. The highest BCUT2D eigenvalue weighted by atomic mass is 32.1. The van der Waals surface area contributed by atoms with E-state index in [1.165, 1.54) is 22.9 Å². The first-order valence-corrected chi connectivity index (χ1v) is 13.4. The van der Waals surface area contributed by atoms with E-state index in [1.807, 2.05) is 54.7 Å². The summed E-state index contributed by atoms with van der Waals surface area (Å²) in [5.74, 6) is -0.740. The molecule has 0 unspecified atom stereocenters. The summed E-state index contributed by atoms with van der Waals surface area (Å²) >= 11 is 1.81. The van der Waals surface area contributed by atoms with E-state index in [0.29, 0.717) is 13.2 Å². The number of hydrogen-bond acceptors (Lipinski definition) is 3. The molecule has 2 aromatic carbocycles. The molecule has 3 heterocycles. The number of thiophene rings is 1. The van der Waals surface area contributed by atoms with E-state index in [0.717, 1.165) is 59.0 Å². The molecule has 2 aliphatic rings. The smallest absolute Gasteiger partial charge is 0.323 e. The molecule has 5 nitrogen and oxygen atoms in total. The topological polar surface area (TPSA) is 46.5 Å². The highest BCUT2D eigenvalue weighted by molar-refractivity contribution is 7.15. The number of carbonyl (C=O) groups excluding carboxylic acids is 1. The van der Waals surface area contributed by atoms with E-state index in [1.54, 1.807) is 4.90 Å². The minimum absolute atomic E-state index is 0.0518. The number of benzene rings is 2. The molecule has 1 atom stereocenters. The molecule has 1 N–H and O–H groups in total. The van der Waals surface area contributed by atoms with Crippen LogP contribution in [0.2, 0.25) is 0 Å². The molecule has 0 saturated carbocycles. The third-order valence-electron chi connectivity index (χ3n) is 7.12. The molecule has 0 radical (unpaired) electrons. The lowest BCUT2D eigenvalue weighted by Gasteiger charge is -2.31. The Hall–Kier alpha value is -3.65. The molecule has 2 amide bonds. The van der Waals surface area contributed by atoms with Gasteiger partial charge in [-0.15, -0.1) is 11.3 Å². The number of nitrogens with zero attached hydrogens (tertiary/aromatic N) is 2. The van der Waals surface area contributed by atoms with Crippen molar-refractivity contribution in [1.82, 2.24) is 9.47 Å². The van der Waals surface area contributed by atoms with Gasteiger partial charge in [-0.3, -0.25) is 0 Å². The van der Waals surface area contributed by atoms with Gasteiger partial charge in [-0.1, -0.05) is 12.1 Å². The maximum atomic E-state index is 14.5. The summed E-state index contributed by atoms with van der Waals surface area (Å²) in [6, 6.07) is 14.1. The van der Waals surface area contributed by atoms with Crippen molar-refractivity contribution in [2.24, 2.45) is 0 Å². The SMILES string of the molecule is CCOc1ccc([C@@H]2c3cccn3-c3sc4c(c3CN2C(=O)Nc2ccc(F)cc2F)CCCC4)cc1. The van der Waals surface area contributed by atoms with Crippen LogP contribution in [0.3, 0.4) is 0 Å². The molecular weight excluding hydrogens is 492 g/mol. The van der Waals surface area contributed by atoms with Crippen molar-refractivity contribution in [3.05, 3.63) is 99.7 Å². The van der Waals surface area contributed by atoms with E-state index < -0.39 is 23.7 Å². The fourth-order valence-electron chi connectivity index (χ4n) is 5.43. The number of fused-ring (bicyclic) bond motifs is 5. The zero-order valence-electron chi connectivity index (χ0n) is 20.5. The van der Waals surface area contributed by atoms with Crippen LogP contribution in [0.1, 0.15) is 53.1 Å². The second kappa shape index (κ2) is 9.67. The molecule has 37 heavy (non-hydrogen) atoms. The van der Waals surface area contributed by atoms with Crippen molar-refractivity contribution < 1.29 is 18.3 Å². The number of urea groups is 1. The fraction of sp³-hybridized carbons (Fsp3) is 0.276. The highest BCUT2D eigenvalue weighted by Gasteiger charge is 2.36. The van der Waals surface area contributed by atoms with Crippen LogP contribution >= 0.6 is 11.3 Å². The summed E-state index contributed by atoms with van der Waals surface area (Å²) in [7, 11) is 0. The van der Waals surface area contributed by atoms with Crippen LogP contribution in [0, 0.1) is 11.6 Å². The van der Waals surface area contributed by atoms with Gasteiger partial charge in [0.1, 0.15) is 22.4 Å². The van der Waals surface area contributed by atoms with Gasteiger partial charge in [0.15, 0.2) is 0 Å². The Morgan fingerprint density at radius 3 is 2.68 bits per heavy atom. The molecule has 1 aliphatic heterocycles. The summed E-state index contributed by atoms with van der Waals surface area (Å²) in [4.78, 5) is 17.0. The van der Waals surface area contributed by atoms with Crippen LogP contribution in [0.15, 0.2) is 60.8 Å². The second-order valence-electron chi connectivity index (χ2n) is 9.38. The number of halogens is 2. The van der Waals surface area contributed by atoms with Crippen LogP contribution < -0.4 is 10.1 Å².